The molecule has 0 aliphatic rings. The maximum Gasteiger partial charge on any atom is 0.242 e. The van der Waals surface area contributed by atoms with E-state index in [1.165, 1.54) is 13.8 Å². The second-order valence-corrected chi connectivity index (χ2v) is 4.14. The van der Waals surface area contributed by atoms with Gasteiger partial charge in [-0.2, -0.15) is 0 Å². The number of amides is 3. The van der Waals surface area contributed by atoms with Crippen LogP contribution in [0.5, 0.6) is 0 Å². The standard InChI is InChI=1S/C11H22N4O3/c1-5-13-10(17)7(3)15-11(18)8(4)14-9(16)6(2)12/h6-8H,5,12H2,1-4H3,(H,13,17)(H,14,16)(H,15,18). The Morgan fingerprint density at radius 1 is 0.944 bits per heavy atom. The molecule has 0 bridgehead atoms. The van der Waals surface area contributed by atoms with Gasteiger partial charge in [-0.1, -0.05) is 0 Å². The van der Waals surface area contributed by atoms with Crippen molar-refractivity contribution in [2.24, 2.45) is 5.73 Å². The van der Waals surface area contributed by atoms with Crippen molar-refractivity contribution in [1.29, 1.82) is 0 Å². The van der Waals surface area contributed by atoms with Crippen molar-refractivity contribution in [3.8, 4) is 0 Å². The van der Waals surface area contributed by atoms with Gasteiger partial charge in [-0.25, -0.2) is 0 Å². The van der Waals surface area contributed by atoms with Crippen LogP contribution >= 0.6 is 0 Å². The van der Waals surface area contributed by atoms with E-state index in [9.17, 15) is 14.4 Å². The van der Waals surface area contributed by atoms with Crippen LogP contribution in [0.4, 0.5) is 0 Å². The maximum atomic E-state index is 11.7. The molecule has 0 saturated carbocycles. The van der Waals surface area contributed by atoms with Crippen molar-refractivity contribution in [3.05, 3.63) is 0 Å². The zero-order valence-electron chi connectivity index (χ0n) is 11.2. The van der Waals surface area contributed by atoms with Gasteiger partial charge in [0.15, 0.2) is 0 Å². The molecule has 0 aliphatic carbocycles. The monoisotopic (exact) mass is 258 g/mol. The highest BCUT2D eigenvalue weighted by molar-refractivity contribution is 5.92. The van der Waals surface area contributed by atoms with E-state index in [-0.39, 0.29) is 5.91 Å². The molecule has 0 saturated heterocycles. The minimum Gasteiger partial charge on any atom is -0.355 e. The summed E-state index contributed by atoms with van der Waals surface area (Å²) in [5, 5.41) is 7.54. The summed E-state index contributed by atoms with van der Waals surface area (Å²) in [7, 11) is 0. The number of carbonyl (C=O) groups excluding carboxylic acids is 3. The Bertz CT molecular complexity index is 317. The number of rotatable bonds is 6. The second-order valence-electron chi connectivity index (χ2n) is 4.14. The second kappa shape index (κ2) is 7.65. The summed E-state index contributed by atoms with van der Waals surface area (Å²) in [6.07, 6.45) is 0. The molecule has 3 amide bonds. The molecule has 104 valence electrons. The summed E-state index contributed by atoms with van der Waals surface area (Å²) in [4.78, 5) is 34.4. The molecular weight excluding hydrogens is 236 g/mol. The summed E-state index contributed by atoms with van der Waals surface area (Å²) in [5.41, 5.74) is 5.37. The Balaban J connectivity index is 4.23. The Hall–Kier alpha value is -1.63. The van der Waals surface area contributed by atoms with Gasteiger partial charge in [0.1, 0.15) is 12.1 Å². The van der Waals surface area contributed by atoms with E-state index in [2.05, 4.69) is 16.0 Å². The minimum absolute atomic E-state index is 0.267. The van der Waals surface area contributed by atoms with Crippen molar-refractivity contribution in [2.45, 2.75) is 45.8 Å². The fourth-order valence-corrected chi connectivity index (χ4v) is 1.14. The number of hydrogen-bond acceptors (Lipinski definition) is 4. The molecule has 0 spiro atoms. The molecule has 0 heterocycles. The topological polar surface area (TPSA) is 113 Å². The summed E-state index contributed by atoms with van der Waals surface area (Å²) in [6.45, 7) is 6.91. The van der Waals surface area contributed by atoms with Crippen molar-refractivity contribution in [1.82, 2.24) is 16.0 Å². The average molecular weight is 258 g/mol. The largest absolute Gasteiger partial charge is 0.355 e. The first-order valence-electron chi connectivity index (χ1n) is 5.93. The van der Waals surface area contributed by atoms with Crippen LogP contribution in [0.25, 0.3) is 0 Å². The van der Waals surface area contributed by atoms with Crippen LogP contribution in [0.15, 0.2) is 0 Å². The first-order chi connectivity index (χ1) is 8.29. The van der Waals surface area contributed by atoms with Crippen LogP contribution in [-0.2, 0) is 14.4 Å². The molecule has 5 N–H and O–H groups in total. The molecule has 3 unspecified atom stereocenters. The lowest BCUT2D eigenvalue weighted by Crippen LogP contribution is -2.53. The maximum absolute atomic E-state index is 11.7. The lowest BCUT2D eigenvalue weighted by atomic mass is 10.2. The third-order valence-electron chi connectivity index (χ3n) is 2.27. The van der Waals surface area contributed by atoms with Crippen molar-refractivity contribution >= 4 is 17.7 Å². The quantitative estimate of drug-likeness (QED) is 0.463. The normalized spacial score (nSPS) is 15.2. The third-order valence-corrected chi connectivity index (χ3v) is 2.27. The molecule has 0 aromatic carbocycles. The molecule has 0 aromatic heterocycles. The Kier molecular flexibility index (Phi) is 6.96. The molecule has 0 rings (SSSR count). The van der Waals surface area contributed by atoms with Gasteiger partial charge in [0.25, 0.3) is 0 Å². The zero-order chi connectivity index (χ0) is 14.3. The molecule has 3 atom stereocenters. The van der Waals surface area contributed by atoms with Crippen LogP contribution in [0.2, 0.25) is 0 Å². The Morgan fingerprint density at radius 3 is 1.83 bits per heavy atom. The Labute approximate surface area is 107 Å². The number of hydrogen-bond donors (Lipinski definition) is 4. The zero-order valence-corrected chi connectivity index (χ0v) is 11.2. The van der Waals surface area contributed by atoms with Crippen LogP contribution in [0, 0.1) is 0 Å². The number of nitrogens with one attached hydrogen (secondary N) is 3. The Morgan fingerprint density at radius 2 is 1.39 bits per heavy atom. The van der Waals surface area contributed by atoms with E-state index in [4.69, 9.17) is 5.73 Å². The fourth-order valence-electron chi connectivity index (χ4n) is 1.14. The van der Waals surface area contributed by atoms with Gasteiger partial charge in [0.05, 0.1) is 6.04 Å². The van der Waals surface area contributed by atoms with Gasteiger partial charge in [-0.05, 0) is 27.7 Å². The number of nitrogens with two attached hydrogens (primary N) is 1. The van der Waals surface area contributed by atoms with Gasteiger partial charge in [0.2, 0.25) is 17.7 Å². The molecule has 0 radical (unpaired) electrons. The lowest BCUT2D eigenvalue weighted by molar-refractivity contribution is -0.131. The van der Waals surface area contributed by atoms with Crippen LogP contribution in [-0.4, -0.2) is 42.4 Å². The van der Waals surface area contributed by atoms with Crippen molar-refractivity contribution < 1.29 is 14.4 Å². The van der Waals surface area contributed by atoms with E-state index in [1.807, 2.05) is 0 Å². The molecule has 0 fully saturated rings. The SMILES string of the molecule is CCNC(=O)C(C)NC(=O)C(C)NC(=O)C(C)N. The highest BCUT2D eigenvalue weighted by Gasteiger charge is 2.21. The lowest BCUT2D eigenvalue weighted by Gasteiger charge is -2.18. The van der Waals surface area contributed by atoms with Gasteiger partial charge in [0, 0.05) is 6.54 Å². The number of likely N-dealkylation sites (N-methyl/N-ethyl adjacent to an activating group) is 1. The summed E-state index contributed by atoms with van der Waals surface area (Å²) in [5.74, 6) is -1.11. The highest BCUT2D eigenvalue weighted by Crippen LogP contribution is 1.88. The van der Waals surface area contributed by atoms with Gasteiger partial charge in [-0.15, -0.1) is 0 Å². The van der Waals surface area contributed by atoms with Gasteiger partial charge < -0.3 is 21.7 Å². The fraction of sp³-hybridized carbons (Fsp3) is 0.727. The molecule has 7 heteroatoms. The molecule has 0 aromatic rings. The molecular formula is C11H22N4O3. The van der Waals surface area contributed by atoms with E-state index in [1.54, 1.807) is 13.8 Å². The molecule has 7 nitrogen and oxygen atoms in total. The van der Waals surface area contributed by atoms with Crippen molar-refractivity contribution in [2.75, 3.05) is 6.54 Å². The average Bonchev–Trinajstić information content (AvgIpc) is 2.28. The van der Waals surface area contributed by atoms with Crippen LogP contribution < -0.4 is 21.7 Å². The molecule has 0 aliphatic heterocycles. The van der Waals surface area contributed by atoms with Gasteiger partial charge >= 0.3 is 0 Å². The summed E-state index contributed by atoms with van der Waals surface area (Å²) < 4.78 is 0. The van der Waals surface area contributed by atoms with E-state index < -0.39 is 29.9 Å². The predicted octanol–water partition coefficient (Wildman–Crippen LogP) is -1.52. The van der Waals surface area contributed by atoms with E-state index >= 15 is 0 Å². The third kappa shape index (κ3) is 5.62. The number of carbonyl (C=O) groups is 3. The van der Waals surface area contributed by atoms with E-state index in [0.29, 0.717) is 6.54 Å². The first kappa shape index (κ1) is 16.4. The van der Waals surface area contributed by atoms with Crippen LogP contribution in [0.1, 0.15) is 27.7 Å². The minimum atomic E-state index is -0.736. The van der Waals surface area contributed by atoms with E-state index in [0.717, 1.165) is 0 Å². The molecule has 18 heavy (non-hydrogen) atoms. The van der Waals surface area contributed by atoms with Crippen LogP contribution in [0.3, 0.4) is 0 Å². The highest BCUT2D eigenvalue weighted by atomic mass is 16.2. The summed E-state index contributed by atoms with van der Waals surface area (Å²) in [6, 6.07) is -2.06. The smallest absolute Gasteiger partial charge is 0.242 e. The summed E-state index contributed by atoms with van der Waals surface area (Å²) >= 11 is 0. The van der Waals surface area contributed by atoms with Crippen molar-refractivity contribution in [3.63, 3.8) is 0 Å². The first-order valence-corrected chi connectivity index (χ1v) is 5.93. The predicted molar refractivity (Wildman–Crippen MR) is 67.5 cm³/mol. The van der Waals surface area contributed by atoms with Gasteiger partial charge in [-0.3, -0.25) is 14.4 Å².